The van der Waals surface area contributed by atoms with E-state index >= 15 is 0 Å². The predicted octanol–water partition coefficient (Wildman–Crippen LogP) is 7.93. The van der Waals surface area contributed by atoms with Gasteiger partial charge in [-0.05, 0) is 80.1 Å². The molecule has 1 atom stereocenters. The minimum atomic E-state index is -0.609. The van der Waals surface area contributed by atoms with Crippen molar-refractivity contribution in [1.82, 2.24) is 0 Å². The summed E-state index contributed by atoms with van der Waals surface area (Å²) in [6.07, 6.45) is 4.90. The number of carbonyl (C=O) groups is 3. The number of aryl methyl sites for hydroxylation is 1. The molecule has 0 radical (unpaired) electrons. The van der Waals surface area contributed by atoms with Gasteiger partial charge < -0.3 is 20.1 Å². The summed E-state index contributed by atoms with van der Waals surface area (Å²) in [6.45, 7) is 2.06. The van der Waals surface area contributed by atoms with Gasteiger partial charge in [0.2, 0.25) is 5.91 Å². The van der Waals surface area contributed by atoms with Crippen LogP contribution in [0.3, 0.4) is 0 Å². The third kappa shape index (κ3) is 7.47. The maximum atomic E-state index is 14.0. The van der Waals surface area contributed by atoms with E-state index in [2.05, 4.69) is 10.6 Å². The van der Waals surface area contributed by atoms with Crippen LogP contribution in [0.15, 0.2) is 83.8 Å². The molecule has 0 saturated carbocycles. The van der Waals surface area contributed by atoms with Crippen LogP contribution in [0.25, 0.3) is 0 Å². The van der Waals surface area contributed by atoms with E-state index in [4.69, 9.17) is 9.47 Å². The predicted molar refractivity (Wildman–Crippen MR) is 173 cm³/mol. The van der Waals surface area contributed by atoms with E-state index < -0.39 is 5.25 Å². The Bertz CT molecular complexity index is 1600. The van der Waals surface area contributed by atoms with E-state index in [1.165, 1.54) is 23.1 Å². The lowest BCUT2D eigenvalue weighted by Crippen LogP contribution is -2.20. The van der Waals surface area contributed by atoms with Gasteiger partial charge in [-0.15, -0.1) is 23.1 Å². The van der Waals surface area contributed by atoms with Crippen LogP contribution < -0.4 is 15.4 Å². The summed E-state index contributed by atoms with van der Waals surface area (Å²) in [6, 6.07) is 23.9. The van der Waals surface area contributed by atoms with Crippen LogP contribution in [-0.2, 0) is 22.4 Å². The van der Waals surface area contributed by atoms with Crippen molar-refractivity contribution >= 4 is 51.6 Å². The van der Waals surface area contributed by atoms with Crippen molar-refractivity contribution in [2.24, 2.45) is 0 Å². The van der Waals surface area contributed by atoms with Crippen molar-refractivity contribution in [2.45, 2.75) is 49.2 Å². The highest BCUT2D eigenvalue weighted by molar-refractivity contribution is 8.00. The number of amides is 2. The second-order valence-corrected chi connectivity index (χ2v) is 12.4. The third-order valence-corrected chi connectivity index (χ3v) is 9.61. The first-order valence-electron chi connectivity index (χ1n) is 14.4. The van der Waals surface area contributed by atoms with E-state index in [1.54, 1.807) is 38.3 Å². The van der Waals surface area contributed by atoms with Gasteiger partial charge in [-0.2, -0.15) is 0 Å². The van der Waals surface area contributed by atoms with Crippen LogP contribution in [0.4, 0.5) is 10.7 Å². The molecule has 1 aliphatic carbocycles. The molecule has 0 bridgehead atoms. The quantitative estimate of drug-likeness (QED) is 0.107. The molecule has 4 aromatic rings. The van der Waals surface area contributed by atoms with Crippen molar-refractivity contribution in [3.05, 3.63) is 106 Å². The van der Waals surface area contributed by atoms with Crippen LogP contribution in [0.2, 0.25) is 0 Å². The summed E-state index contributed by atoms with van der Waals surface area (Å²) in [5, 5.41) is 5.98. The Hall–Kier alpha value is -4.08. The van der Waals surface area contributed by atoms with Gasteiger partial charge in [-0.3, -0.25) is 9.59 Å². The molecule has 1 heterocycles. The molecule has 0 fully saturated rings. The maximum Gasteiger partial charge on any atom is 0.341 e. The lowest BCUT2D eigenvalue weighted by Gasteiger charge is -2.18. The molecule has 43 heavy (non-hydrogen) atoms. The molecule has 2 amide bonds. The lowest BCUT2D eigenvalue weighted by atomic mass is 10.1. The second-order valence-electron chi connectivity index (χ2n) is 10.1. The first-order valence-corrected chi connectivity index (χ1v) is 16.1. The fraction of sp³-hybridized carbons (Fsp3) is 0.265. The first-order chi connectivity index (χ1) is 21.0. The van der Waals surface area contributed by atoms with Gasteiger partial charge in [0.15, 0.2) is 0 Å². The van der Waals surface area contributed by atoms with Gasteiger partial charge in [0.1, 0.15) is 16.0 Å². The number of hydrogen-bond donors (Lipinski definition) is 2. The van der Waals surface area contributed by atoms with Crippen molar-refractivity contribution in [3.8, 4) is 5.75 Å². The maximum absolute atomic E-state index is 14.0. The van der Waals surface area contributed by atoms with E-state index in [0.717, 1.165) is 53.0 Å². The number of rotatable bonds is 10. The van der Waals surface area contributed by atoms with Crippen molar-refractivity contribution in [3.63, 3.8) is 0 Å². The Morgan fingerprint density at radius 1 is 0.907 bits per heavy atom. The summed E-state index contributed by atoms with van der Waals surface area (Å²) < 4.78 is 10.7. The zero-order chi connectivity index (χ0) is 30.2. The molecule has 1 aliphatic rings. The summed E-state index contributed by atoms with van der Waals surface area (Å²) in [7, 11) is 1.56. The Labute approximate surface area is 260 Å². The van der Waals surface area contributed by atoms with Crippen molar-refractivity contribution < 1.29 is 23.9 Å². The van der Waals surface area contributed by atoms with Crippen LogP contribution in [0.1, 0.15) is 68.2 Å². The van der Waals surface area contributed by atoms with E-state index in [9.17, 15) is 14.4 Å². The third-order valence-electron chi connectivity index (χ3n) is 7.16. The fourth-order valence-corrected chi connectivity index (χ4v) is 7.44. The molecule has 0 aliphatic heterocycles. The molecule has 0 saturated heterocycles. The minimum Gasteiger partial charge on any atom is -0.497 e. The normalized spacial score (nSPS) is 13.3. The van der Waals surface area contributed by atoms with E-state index in [0.29, 0.717) is 27.6 Å². The van der Waals surface area contributed by atoms with Crippen LogP contribution in [-0.4, -0.2) is 31.5 Å². The molecule has 5 rings (SSSR count). The number of anilines is 2. The van der Waals surface area contributed by atoms with Crippen molar-refractivity contribution in [1.29, 1.82) is 0 Å². The summed E-state index contributed by atoms with van der Waals surface area (Å²) in [4.78, 5) is 41.9. The summed E-state index contributed by atoms with van der Waals surface area (Å²) in [5.41, 5.74) is 3.42. The zero-order valence-electron chi connectivity index (χ0n) is 24.2. The lowest BCUT2D eigenvalue weighted by molar-refractivity contribution is -0.115. The molecule has 0 spiro atoms. The van der Waals surface area contributed by atoms with Gasteiger partial charge in [-0.25, -0.2) is 4.79 Å². The van der Waals surface area contributed by atoms with Crippen LogP contribution in [0.5, 0.6) is 5.75 Å². The molecule has 9 heteroatoms. The average Bonchev–Trinajstić information content (AvgIpc) is 3.20. The molecular formula is C34H34N2O5S2. The molecule has 222 valence electrons. The number of ether oxygens (including phenoxy) is 2. The van der Waals surface area contributed by atoms with Crippen LogP contribution >= 0.6 is 23.1 Å². The van der Waals surface area contributed by atoms with Gasteiger partial charge in [0, 0.05) is 21.0 Å². The Morgan fingerprint density at radius 3 is 2.49 bits per heavy atom. The topological polar surface area (TPSA) is 93.7 Å². The SMILES string of the molecule is CCOC(=O)c1c(NC(=O)C(Sc2cccc(NC(=O)c3cccc(OC)c3)c2)c2ccccc2)sc2c1CCCCC2. The first kappa shape index (κ1) is 30.4. The zero-order valence-corrected chi connectivity index (χ0v) is 25.8. The molecule has 1 unspecified atom stereocenters. The molecular weight excluding hydrogens is 581 g/mol. The number of thiophene rings is 1. The second kappa shape index (κ2) is 14.4. The molecule has 1 aromatic heterocycles. The summed E-state index contributed by atoms with van der Waals surface area (Å²) in [5.74, 6) is -0.283. The standard InChI is InChI=1S/C34H34N2O5S2/c1-3-41-34(39)29-27-18-8-5-9-19-28(27)43-33(29)36-32(38)30(22-12-6-4-7-13-22)42-26-17-11-15-24(21-26)35-31(37)23-14-10-16-25(20-23)40-2/h4,6-7,10-17,20-21,30H,3,5,8-9,18-19H2,1-2H3,(H,35,37)(H,36,38). The number of nitrogens with one attached hydrogen (secondary N) is 2. The van der Waals surface area contributed by atoms with Crippen molar-refractivity contribution in [2.75, 3.05) is 24.4 Å². The largest absolute Gasteiger partial charge is 0.497 e. The number of esters is 1. The monoisotopic (exact) mass is 614 g/mol. The summed E-state index contributed by atoms with van der Waals surface area (Å²) >= 11 is 2.87. The van der Waals surface area contributed by atoms with Gasteiger partial charge in [0.05, 0.1) is 19.3 Å². The highest BCUT2D eigenvalue weighted by Gasteiger charge is 2.29. The van der Waals surface area contributed by atoms with Gasteiger partial charge in [-0.1, -0.05) is 48.9 Å². The Balaban J connectivity index is 1.40. The minimum absolute atomic E-state index is 0.232. The van der Waals surface area contributed by atoms with Crippen LogP contribution in [0, 0.1) is 0 Å². The number of methoxy groups -OCH3 is 1. The van der Waals surface area contributed by atoms with Gasteiger partial charge >= 0.3 is 5.97 Å². The highest BCUT2D eigenvalue weighted by Crippen LogP contribution is 2.41. The number of fused-ring (bicyclic) bond motifs is 1. The smallest absolute Gasteiger partial charge is 0.341 e. The van der Waals surface area contributed by atoms with E-state index in [1.807, 2.05) is 54.6 Å². The Morgan fingerprint density at radius 2 is 1.70 bits per heavy atom. The fourth-order valence-electron chi connectivity index (χ4n) is 5.08. The Kier molecular flexibility index (Phi) is 10.2. The average molecular weight is 615 g/mol. The molecule has 3 aromatic carbocycles. The van der Waals surface area contributed by atoms with Gasteiger partial charge in [0.25, 0.3) is 5.91 Å². The van der Waals surface area contributed by atoms with E-state index in [-0.39, 0.29) is 24.4 Å². The number of carbonyl (C=O) groups excluding carboxylic acids is 3. The number of thioether (sulfide) groups is 1. The molecule has 2 N–H and O–H groups in total. The molecule has 7 nitrogen and oxygen atoms in total. The number of benzene rings is 3. The number of hydrogen-bond acceptors (Lipinski definition) is 7. The highest BCUT2D eigenvalue weighted by atomic mass is 32.2.